The zero-order valence-corrected chi connectivity index (χ0v) is 14.3. The van der Waals surface area contributed by atoms with Gasteiger partial charge in [0.05, 0.1) is 0 Å². The number of esters is 1. The molecular weight excluding hydrogens is 334 g/mol. The molecule has 0 bridgehead atoms. The number of aromatic hydroxyl groups is 2. The molecule has 2 aromatic carbocycles. The first-order chi connectivity index (χ1) is 12.5. The number of para-hydroxylation sites is 1. The molecule has 0 amide bonds. The fourth-order valence-electron chi connectivity index (χ4n) is 2.54. The van der Waals surface area contributed by atoms with Crippen LogP contribution in [0.4, 0.5) is 0 Å². The Labute approximate surface area is 150 Å². The van der Waals surface area contributed by atoms with Crippen molar-refractivity contribution in [1.82, 2.24) is 4.57 Å². The van der Waals surface area contributed by atoms with Crippen molar-refractivity contribution in [2.75, 3.05) is 0 Å². The highest BCUT2D eigenvalue weighted by molar-refractivity contribution is 5.70. The minimum atomic E-state index is -0.563. The van der Waals surface area contributed by atoms with E-state index in [2.05, 4.69) is 0 Å². The Bertz CT molecular complexity index is 885. The van der Waals surface area contributed by atoms with Crippen LogP contribution >= 0.6 is 0 Å². The summed E-state index contributed by atoms with van der Waals surface area (Å²) in [6.07, 6.45) is 0.570. The molecule has 0 aliphatic heterocycles. The number of carbonyl (C=O) groups is 1. The molecule has 0 saturated carbocycles. The highest BCUT2D eigenvalue weighted by Gasteiger charge is 2.16. The van der Waals surface area contributed by atoms with Crippen molar-refractivity contribution in [2.24, 2.45) is 0 Å². The maximum Gasteiger partial charge on any atom is 0.308 e. The van der Waals surface area contributed by atoms with E-state index in [1.54, 1.807) is 0 Å². The van der Waals surface area contributed by atoms with Gasteiger partial charge in [0.25, 0.3) is 0 Å². The summed E-state index contributed by atoms with van der Waals surface area (Å²) in [7, 11) is 0. The Hall–Kier alpha value is -3.41. The van der Waals surface area contributed by atoms with Gasteiger partial charge in [-0.25, -0.2) is 0 Å². The standard InChI is InChI=1S/C20H19NO5/c1-14(22)25-18-13-19(23)21(20(18)24)12-11-15-7-9-17(10-8-15)26-16-5-3-2-4-6-16/h2-10,13,23-24H,11-12H2,1H3. The van der Waals surface area contributed by atoms with Crippen LogP contribution in [0.25, 0.3) is 0 Å². The second-order valence-electron chi connectivity index (χ2n) is 5.74. The molecule has 0 atom stereocenters. The van der Waals surface area contributed by atoms with Gasteiger partial charge < -0.3 is 19.7 Å². The van der Waals surface area contributed by atoms with Gasteiger partial charge in [-0.1, -0.05) is 30.3 Å². The van der Waals surface area contributed by atoms with Crippen molar-refractivity contribution in [1.29, 1.82) is 0 Å². The molecule has 2 N–H and O–H groups in total. The highest BCUT2D eigenvalue weighted by Crippen LogP contribution is 2.34. The molecule has 0 aliphatic rings. The van der Waals surface area contributed by atoms with Crippen LogP contribution in [0.15, 0.2) is 60.7 Å². The molecule has 1 heterocycles. The summed E-state index contributed by atoms with van der Waals surface area (Å²) >= 11 is 0. The van der Waals surface area contributed by atoms with Crippen molar-refractivity contribution < 1.29 is 24.5 Å². The van der Waals surface area contributed by atoms with Gasteiger partial charge in [0.1, 0.15) is 11.5 Å². The Balaban J connectivity index is 1.63. The normalized spacial score (nSPS) is 10.5. The predicted octanol–water partition coefficient (Wildman–Crippen LogP) is 3.86. The molecule has 0 saturated heterocycles. The molecule has 6 heteroatoms. The molecule has 3 aromatic rings. The van der Waals surface area contributed by atoms with Crippen LogP contribution in [-0.2, 0) is 17.8 Å². The van der Waals surface area contributed by atoms with E-state index in [-0.39, 0.29) is 17.5 Å². The number of ether oxygens (including phenoxy) is 2. The summed E-state index contributed by atoms with van der Waals surface area (Å²) in [5.74, 6) is 0.432. The maximum absolute atomic E-state index is 11.0. The van der Waals surface area contributed by atoms with Crippen LogP contribution < -0.4 is 9.47 Å². The molecule has 3 rings (SSSR count). The van der Waals surface area contributed by atoms with Crippen LogP contribution in [0.5, 0.6) is 29.0 Å². The molecule has 0 fully saturated rings. The number of rotatable bonds is 6. The number of carbonyl (C=O) groups excluding carboxylic acids is 1. The van der Waals surface area contributed by atoms with Gasteiger partial charge in [0.15, 0.2) is 11.6 Å². The minimum Gasteiger partial charge on any atom is -0.494 e. The Morgan fingerprint density at radius 1 is 1.00 bits per heavy atom. The van der Waals surface area contributed by atoms with Gasteiger partial charge in [0, 0.05) is 19.5 Å². The topological polar surface area (TPSA) is 80.9 Å². The molecule has 0 radical (unpaired) electrons. The van der Waals surface area contributed by atoms with E-state index in [1.807, 2.05) is 54.6 Å². The number of aromatic nitrogens is 1. The summed E-state index contributed by atoms with van der Waals surface area (Å²) in [6.45, 7) is 1.56. The molecular formula is C20H19NO5. The molecule has 134 valence electrons. The SMILES string of the molecule is CC(=O)Oc1cc(O)n(CCc2ccc(Oc3ccccc3)cc2)c1O. The van der Waals surface area contributed by atoms with Gasteiger partial charge >= 0.3 is 5.97 Å². The third kappa shape index (κ3) is 4.16. The quantitative estimate of drug-likeness (QED) is 0.658. The highest BCUT2D eigenvalue weighted by atomic mass is 16.5. The number of hydrogen-bond acceptors (Lipinski definition) is 5. The zero-order valence-electron chi connectivity index (χ0n) is 14.3. The molecule has 26 heavy (non-hydrogen) atoms. The van der Waals surface area contributed by atoms with E-state index < -0.39 is 5.97 Å². The fraction of sp³-hybridized carbons (Fsp3) is 0.150. The largest absolute Gasteiger partial charge is 0.494 e. The lowest BCUT2D eigenvalue weighted by atomic mass is 10.1. The number of benzene rings is 2. The summed E-state index contributed by atoms with van der Waals surface area (Å²) in [4.78, 5) is 11.0. The lowest BCUT2D eigenvalue weighted by Crippen LogP contribution is -2.03. The first-order valence-corrected chi connectivity index (χ1v) is 8.14. The molecule has 0 spiro atoms. The average Bonchev–Trinajstić information content (AvgIpc) is 2.88. The zero-order chi connectivity index (χ0) is 18.5. The third-order valence-corrected chi connectivity index (χ3v) is 3.79. The van der Waals surface area contributed by atoms with Crippen LogP contribution in [0.3, 0.4) is 0 Å². The van der Waals surface area contributed by atoms with E-state index in [4.69, 9.17) is 9.47 Å². The van der Waals surface area contributed by atoms with E-state index >= 15 is 0 Å². The lowest BCUT2D eigenvalue weighted by Gasteiger charge is -2.09. The van der Waals surface area contributed by atoms with Gasteiger partial charge in [-0.3, -0.25) is 9.36 Å². The first kappa shape index (κ1) is 17.4. The summed E-state index contributed by atoms with van der Waals surface area (Å²) in [5.41, 5.74) is 1.01. The van der Waals surface area contributed by atoms with E-state index in [0.717, 1.165) is 17.1 Å². The van der Waals surface area contributed by atoms with E-state index in [0.29, 0.717) is 13.0 Å². The van der Waals surface area contributed by atoms with Crippen molar-refractivity contribution in [3.8, 4) is 29.0 Å². The predicted molar refractivity (Wildman–Crippen MR) is 95.7 cm³/mol. The Morgan fingerprint density at radius 3 is 2.31 bits per heavy atom. The molecule has 6 nitrogen and oxygen atoms in total. The van der Waals surface area contributed by atoms with E-state index in [1.165, 1.54) is 17.6 Å². The number of aryl methyl sites for hydroxylation is 1. The van der Waals surface area contributed by atoms with Gasteiger partial charge in [-0.2, -0.15) is 0 Å². The second-order valence-corrected chi connectivity index (χ2v) is 5.74. The maximum atomic E-state index is 11.0. The van der Waals surface area contributed by atoms with Gasteiger partial charge in [-0.05, 0) is 36.2 Å². The minimum absolute atomic E-state index is 0.0541. The molecule has 0 aliphatic carbocycles. The van der Waals surface area contributed by atoms with Crippen molar-refractivity contribution in [3.05, 3.63) is 66.2 Å². The van der Waals surface area contributed by atoms with Crippen LogP contribution in [0.2, 0.25) is 0 Å². The van der Waals surface area contributed by atoms with Crippen LogP contribution in [-0.4, -0.2) is 20.7 Å². The number of hydrogen-bond donors (Lipinski definition) is 2. The first-order valence-electron chi connectivity index (χ1n) is 8.14. The van der Waals surface area contributed by atoms with Gasteiger partial charge in [-0.15, -0.1) is 0 Å². The van der Waals surface area contributed by atoms with Crippen LogP contribution in [0.1, 0.15) is 12.5 Å². The van der Waals surface area contributed by atoms with E-state index in [9.17, 15) is 15.0 Å². The summed E-state index contributed by atoms with van der Waals surface area (Å²) in [6, 6.07) is 18.3. The average molecular weight is 353 g/mol. The monoisotopic (exact) mass is 353 g/mol. The summed E-state index contributed by atoms with van der Waals surface area (Å²) in [5, 5.41) is 20.0. The number of nitrogens with zero attached hydrogens (tertiary/aromatic N) is 1. The van der Waals surface area contributed by atoms with Crippen molar-refractivity contribution >= 4 is 5.97 Å². The Morgan fingerprint density at radius 2 is 1.65 bits per heavy atom. The van der Waals surface area contributed by atoms with Crippen LogP contribution in [0, 0.1) is 0 Å². The van der Waals surface area contributed by atoms with Crippen molar-refractivity contribution in [2.45, 2.75) is 19.9 Å². The fourth-order valence-corrected chi connectivity index (χ4v) is 2.54. The molecule has 0 unspecified atom stereocenters. The smallest absolute Gasteiger partial charge is 0.308 e. The van der Waals surface area contributed by atoms with Crippen molar-refractivity contribution in [3.63, 3.8) is 0 Å². The second kappa shape index (κ2) is 7.65. The third-order valence-electron chi connectivity index (χ3n) is 3.79. The van der Waals surface area contributed by atoms with Gasteiger partial charge in [0.2, 0.25) is 5.88 Å². The Kier molecular flexibility index (Phi) is 5.12. The molecule has 1 aromatic heterocycles. The lowest BCUT2D eigenvalue weighted by molar-refractivity contribution is -0.132. The summed E-state index contributed by atoms with van der Waals surface area (Å²) < 4.78 is 11.9.